The zero-order valence-corrected chi connectivity index (χ0v) is 7.75. The van der Waals surface area contributed by atoms with Gasteiger partial charge in [-0.05, 0) is 13.8 Å². The van der Waals surface area contributed by atoms with Gasteiger partial charge in [0.25, 0.3) is 0 Å². The van der Waals surface area contributed by atoms with Crippen LogP contribution < -0.4 is 0 Å². The molecular formula is C8H14O4. The summed E-state index contributed by atoms with van der Waals surface area (Å²) in [4.78, 5) is 29.5. The smallest absolute Gasteiger partial charge is 0.195 e. The number of aliphatic hydroxyl groups is 1. The van der Waals surface area contributed by atoms with Crippen molar-refractivity contribution in [2.75, 3.05) is 0 Å². The van der Waals surface area contributed by atoms with Crippen LogP contribution in [0.25, 0.3) is 0 Å². The van der Waals surface area contributed by atoms with E-state index in [1.54, 1.807) is 0 Å². The fourth-order valence-corrected chi connectivity index (χ4v) is 0. The van der Waals surface area contributed by atoms with E-state index < -0.39 is 6.10 Å². The van der Waals surface area contributed by atoms with E-state index in [9.17, 15) is 14.4 Å². The molecule has 0 rings (SSSR count). The normalized spacial score (nSPS) is 10.8. The van der Waals surface area contributed by atoms with E-state index in [4.69, 9.17) is 5.11 Å². The molecule has 0 amide bonds. The quantitative estimate of drug-likeness (QED) is 0.603. The van der Waals surface area contributed by atoms with Crippen molar-refractivity contribution in [1.29, 1.82) is 0 Å². The van der Waals surface area contributed by atoms with Gasteiger partial charge in [-0.25, -0.2) is 0 Å². The summed E-state index contributed by atoms with van der Waals surface area (Å²) < 4.78 is 0. The number of carbonyl (C=O) groups excluding carboxylic acids is 3. The predicted octanol–water partition coefficient (Wildman–Crippen LogP) is 0.121. The monoisotopic (exact) mass is 174 g/mol. The van der Waals surface area contributed by atoms with Crippen LogP contribution in [0.1, 0.15) is 27.7 Å². The summed E-state index contributed by atoms with van der Waals surface area (Å²) in [6.45, 7) is 5.30. The lowest BCUT2D eigenvalue weighted by Gasteiger charge is -1.90. The van der Waals surface area contributed by atoms with Gasteiger partial charge in [0.2, 0.25) is 0 Å². The lowest BCUT2D eigenvalue weighted by Crippen LogP contribution is -2.10. The highest BCUT2D eigenvalue weighted by molar-refractivity contribution is 6.35. The second-order valence-electron chi connectivity index (χ2n) is 2.40. The summed E-state index contributed by atoms with van der Waals surface area (Å²) in [6, 6.07) is 0. The molecule has 0 saturated heterocycles. The lowest BCUT2D eigenvalue weighted by atomic mass is 10.3. The Morgan fingerprint density at radius 2 is 1.17 bits per heavy atom. The third-order valence-corrected chi connectivity index (χ3v) is 1.08. The Kier molecular flexibility index (Phi) is 7.53. The molecular weight excluding hydrogens is 160 g/mol. The minimum absolute atomic E-state index is 0.185. The van der Waals surface area contributed by atoms with Gasteiger partial charge in [0.1, 0.15) is 6.10 Å². The SMILES string of the molecule is CC(=O)C(C)=O.CC(=O)[C@@H](C)O. The van der Waals surface area contributed by atoms with E-state index in [-0.39, 0.29) is 17.3 Å². The average molecular weight is 174 g/mol. The first kappa shape index (κ1) is 13.6. The van der Waals surface area contributed by atoms with Crippen molar-refractivity contribution in [2.24, 2.45) is 0 Å². The first-order valence-electron chi connectivity index (χ1n) is 3.49. The third kappa shape index (κ3) is 11.7. The van der Waals surface area contributed by atoms with E-state index in [0.29, 0.717) is 0 Å². The molecule has 12 heavy (non-hydrogen) atoms. The number of aliphatic hydroxyl groups excluding tert-OH is 1. The third-order valence-electron chi connectivity index (χ3n) is 1.08. The van der Waals surface area contributed by atoms with Crippen molar-refractivity contribution < 1.29 is 19.5 Å². The molecule has 0 aromatic carbocycles. The van der Waals surface area contributed by atoms with E-state index in [2.05, 4.69) is 0 Å². The van der Waals surface area contributed by atoms with Gasteiger partial charge in [0, 0.05) is 13.8 Å². The maximum atomic E-state index is 9.89. The number of ketones is 3. The summed E-state index contributed by atoms with van der Waals surface area (Å²) in [7, 11) is 0. The minimum atomic E-state index is -0.787. The van der Waals surface area contributed by atoms with Gasteiger partial charge in [0.15, 0.2) is 17.3 Å². The topological polar surface area (TPSA) is 71.4 Å². The molecule has 0 aromatic heterocycles. The molecule has 0 fully saturated rings. The Labute approximate surface area is 71.6 Å². The van der Waals surface area contributed by atoms with Crippen LogP contribution in [0.15, 0.2) is 0 Å². The molecule has 0 saturated carbocycles. The molecule has 0 aliphatic heterocycles. The van der Waals surface area contributed by atoms with E-state index in [1.165, 1.54) is 27.7 Å². The highest BCUT2D eigenvalue weighted by atomic mass is 16.3. The van der Waals surface area contributed by atoms with Crippen LogP contribution >= 0.6 is 0 Å². The molecule has 4 heteroatoms. The molecule has 0 aliphatic carbocycles. The molecule has 0 spiro atoms. The van der Waals surface area contributed by atoms with Crippen molar-refractivity contribution in [1.82, 2.24) is 0 Å². The standard InChI is InChI=1S/C4H8O2.C4H6O2/c2*1-3(5)4(2)6/h3,5H,1-2H3;1-2H3/t3-;/m1./s1. The minimum Gasteiger partial charge on any atom is -0.386 e. The van der Waals surface area contributed by atoms with Crippen molar-refractivity contribution in [3.63, 3.8) is 0 Å². The molecule has 1 atom stereocenters. The molecule has 0 unspecified atom stereocenters. The first-order valence-corrected chi connectivity index (χ1v) is 3.49. The maximum Gasteiger partial charge on any atom is 0.195 e. The van der Waals surface area contributed by atoms with Crippen molar-refractivity contribution in [3.8, 4) is 0 Å². The van der Waals surface area contributed by atoms with Crippen LogP contribution in [0.4, 0.5) is 0 Å². The zero-order valence-electron chi connectivity index (χ0n) is 7.75. The van der Waals surface area contributed by atoms with Crippen molar-refractivity contribution in [2.45, 2.75) is 33.8 Å². The first-order chi connectivity index (χ1) is 5.29. The summed E-state index contributed by atoms with van der Waals surface area (Å²) in [5, 5.41) is 8.28. The summed E-state index contributed by atoms with van der Waals surface area (Å²) in [6.07, 6.45) is -0.787. The van der Waals surface area contributed by atoms with Gasteiger partial charge in [-0.15, -0.1) is 0 Å². The molecule has 0 radical (unpaired) electrons. The number of Topliss-reactive ketones (excluding diaryl/α,β-unsaturated/α-hetero) is 3. The summed E-state index contributed by atoms with van der Waals surface area (Å²) in [5.74, 6) is -0.944. The molecule has 70 valence electrons. The van der Waals surface area contributed by atoms with Crippen LogP contribution in [0.5, 0.6) is 0 Å². The van der Waals surface area contributed by atoms with Crippen molar-refractivity contribution >= 4 is 17.3 Å². The largest absolute Gasteiger partial charge is 0.386 e. The van der Waals surface area contributed by atoms with Gasteiger partial charge in [-0.2, -0.15) is 0 Å². The molecule has 0 bridgehead atoms. The number of carbonyl (C=O) groups is 3. The predicted molar refractivity (Wildman–Crippen MR) is 43.7 cm³/mol. The zero-order chi connectivity index (χ0) is 10.3. The molecule has 0 aromatic rings. The second kappa shape index (κ2) is 6.67. The Morgan fingerprint density at radius 3 is 1.17 bits per heavy atom. The maximum absolute atomic E-state index is 9.89. The fraction of sp³-hybridized carbons (Fsp3) is 0.625. The van der Waals surface area contributed by atoms with E-state index in [0.717, 1.165) is 0 Å². The Bertz CT molecular complexity index is 169. The number of hydrogen-bond donors (Lipinski definition) is 1. The van der Waals surface area contributed by atoms with Gasteiger partial charge >= 0.3 is 0 Å². The molecule has 1 N–H and O–H groups in total. The second-order valence-corrected chi connectivity index (χ2v) is 2.40. The van der Waals surface area contributed by atoms with Crippen LogP contribution in [0, 0.1) is 0 Å². The Balaban J connectivity index is 0. The molecule has 0 heterocycles. The number of hydrogen-bond acceptors (Lipinski definition) is 4. The van der Waals surface area contributed by atoms with Crippen molar-refractivity contribution in [3.05, 3.63) is 0 Å². The van der Waals surface area contributed by atoms with Gasteiger partial charge < -0.3 is 5.11 Å². The van der Waals surface area contributed by atoms with Crippen LogP contribution in [0.2, 0.25) is 0 Å². The molecule has 0 aliphatic rings. The van der Waals surface area contributed by atoms with Crippen LogP contribution in [-0.4, -0.2) is 28.6 Å². The summed E-state index contributed by atoms with van der Waals surface area (Å²) in [5.41, 5.74) is 0. The Hall–Kier alpha value is -1.03. The van der Waals surface area contributed by atoms with Gasteiger partial charge in [-0.3, -0.25) is 14.4 Å². The van der Waals surface area contributed by atoms with E-state index in [1.807, 2.05) is 0 Å². The highest BCUT2D eigenvalue weighted by Gasteiger charge is 1.97. The van der Waals surface area contributed by atoms with Gasteiger partial charge in [0.05, 0.1) is 0 Å². The fourth-order valence-electron chi connectivity index (χ4n) is 0. The van der Waals surface area contributed by atoms with E-state index >= 15 is 0 Å². The van der Waals surface area contributed by atoms with Gasteiger partial charge in [-0.1, -0.05) is 0 Å². The lowest BCUT2D eigenvalue weighted by molar-refractivity contribution is -0.134. The Morgan fingerprint density at radius 1 is 1.00 bits per heavy atom. The van der Waals surface area contributed by atoms with Crippen LogP contribution in [-0.2, 0) is 14.4 Å². The van der Waals surface area contributed by atoms with Crippen LogP contribution in [0.3, 0.4) is 0 Å². The number of rotatable bonds is 2. The molecule has 4 nitrogen and oxygen atoms in total. The summed E-state index contributed by atoms with van der Waals surface area (Å²) >= 11 is 0. The average Bonchev–Trinajstić information content (AvgIpc) is 1.88. The highest BCUT2D eigenvalue weighted by Crippen LogP contribution is 1.76.